The molecule has 5 rings (SSSR count). The molecule has 7 heteroatoms. The predicted octanol–water partition coefficient (Wildman–Crippen LogP) is 5.59. The Morgan fingerprint density at radius 2 is 1.78 bits per heavy atom. The van der Waals surface area contributed by atoms with Gasteiger partial charge in [0.2, 0.25) is 0 Å². The number of benzene rings is 3. The normalized spacial score (nSPS) is 17.9. The van der Waals surface area contributed by atoms with E-state index in [4.69, 9.17) is 11.6 Å². The number of hydrogen-bond donors (Lipinski definition) is 2. The van der Waals surface area contributed by atoms with Crippen LogP contribution in [0.25, 0.3) is 16.7 Å². The lowest BCUT2D eigenvalue weighted by molar-refractivity contribution is -0.132. The number of halogens is 2. The van der Waals surface area contributed by atoms with E-state index in [0.717, 1.165) is 10.9 Å². The summed E-state index contributed by atoms with van der Waals surface area (Å²) in [7, 11) is 0. The van der Waals surface area contributed by atoms with Crippen LogP contribution in [0.1, 0.15) is 17.2 Å². The fraction of sp³-hybridized carbons (Fsp3) is 0.0400. The second-order valence-electron chi connectivity index (χ2n) is 7.45. The van der Waals surface area contributed by atoms with Gasteiger partial charge in [0, 0.05) is 38.9 Å². The Kier molecular flexibility index (Phi) is 4.79. The summed E-state index contributed by atoms with van der Waals surface area (Å²) in [6, 6.07) is 18.3. The Morgan fingerprint density at radius 1 is 1.00 bits per heavy atom. The van der Waals surface area contributed by atoms with Crippen LogP contribution in [0.4, 0.5) is 10.1 Å². The maximum Gasteiger partial charge on any atom is 0.300 e. The molecule has 1 saturated heterocycles. The van der Waals surface area contributed by atoms with Crippen molar-refractivity contribution in [3.63, 3.8) is 0 Å². The molecule has 1 fully saturated rings. The number of nitrogens with zero attached hydrogens (tertiary/aromatic N) is 1. The van der Waals surface area contributed by atoms with Crippen molar-refractivity contribution in [3.05, 3.63) is 107 Å². The number of aromatic nitrogens is 1. The summed E-state index contributed by atoms with van der Waals surface area (Å²) in [6.07, 6.45) is 1.69. The molecule has 1 aromatic heterocycles. The minimum Gasteiger partial charge on any atom is -0.507 e. The molecule has 1 unspecified atom stereocenters. The highest BCUT2D eigenvalue weighted by atomic mass is 35.5. The summed E-state index contributed by atoms with van der Waals surface area (Å²) in [5.74, 6) is -2.60. The van der Waals surface area contributed by atoms with E-state index in [1.807, 2.05) is 24.3 Å². The van der Waals surface area contributed by atoms with E-state index in [1.165, 1.54) is 29.2 Å². The highest BCUT2D eigenvalue weighted by Gasteiger charge is 2.47. The quantitative estimate of drug-likeness (QED) is 0.245. The first-order valence-electron chi connectivity index (χ1n) is 9.84. The third kappa shape index (κ3) is 3.16. The minimum absolute atomic E-state index is 0.0914. The number of anilines is 1. The monoisotopic (exact) mass is 446 g/mol. The lowest BCUT2D eigenvalue weighted by atomic mass is 9.94. The average Bonchev–Trinajstić information content (AvgIpc) is 3.32. The molecule has 0 bridgehead atoms. The number of aliphatic hydroxyl groups is 1. The molecule has 5 nitrogen and oxygen atoms in total. The Labute approximate surface area is 187 Å². The van der Waals surface area contributed by atoms with E-state index >= 15 is 0 Å². The van der Waals surface area contributed by atoms with Gasteiger partial charge in [-0.1, -0.05) is 48.0 Å². The fourth-order valence-electron chi connectivity index (χ4n) is 4.13. The smallest absolute Gasteiger partial charge is 0.300 e. The number of Topliss-reactive ketones (excluding diaryl/α,β-unsaturated/α-hetero) is 1. The van der Waals surface area contributed by atoms with E-state index < -0.39 is 23.5 Å². The summed E-state index contributed by atoms with van der Waals surface area (Å²) >= 11 is 6.07. The zero-order chi connectivity index (χ0) is 22.4. The first kappa shape index (κ1) is 20.0. The number of aliphatic hydroxyl groups excluding tert-OH is 1. The molecule has 0 saturated carbocycles. The van der Waals surface area contributed by atoms with Crippen LogP contribution in [0.15, 0.2) is 84.6 Å². The third-order valence-corrected chi connectivity index (χ3v) is 5.78. The molecule has 0 radical (unpaired) electrons. The molecule has 32 heavy (non-hydrogen) atoms. The second-order valence-corrected chi connectivity index (χ2v) is 7.89. The van der Waals surface area contributed by atoms with E-state index in [2.05, 4.69) is 4.98 Å². The predicted molar refractivity (Wildman–Crippen MR) is 121 cm³/mol. The van der Waals surface area contributed by atoms with Crippen molar-refractivity contribution in [2.45, 2.75) is 6.04 Å². The van der Waals surface area contributed by atoms with Crippen molar-refractivity contribution in [2.24, 2.45) is 0 Å². The van der Waals surface area contributed by atoms with Crippen molar-refractivity contribution < 1.29 is 19.1 Å². The topological polar surface area (TPSA) is 73.4 Å². The van der Waals surface area contributed by atoms with Gasteiger partial charge < -0.3 is 10.1 Å². The summed E-state index contributed by atoms with van der Waals surface area (Å²) in [6.45, 7) is 0. The van der Waals surface area contributed by atoms with E-state index in [9.17, 15) is 19.1 Å². The van der Waals surface area contributed by atoms with Gasteiger partial charge in [-0.3, -0.25) is 14.5 Å². The molecule has 0 spiro atoms. The number of H-pyrrole nitrogens is 1. The molecule has 1 amide bonds. The van der Waals surface area contributed by atoms with Crippen molar-refractivity contribution >= 4 is 45.6 Å². The molecule has 158 valence electrons. The van der Waals surface area contributed by atoms with Gasteiger partial charge in [0.25, 0.3) is 11.7 Å². The molecule has 1 atom stereocenters. The number of fused-ring (bicyclic) bond motifs is 1. The Bertz CT molecular complexity index is 1430. The highest BCUT2D eigenvalue weighted by molar-refractivity contribution is 6.52. The SMILES string of the molecule is O=C1C(=O)N(c2cccc(F)c2)C(c2c[nH]c3ccccc23)/C1=C(\O)c1cccc(Cl)c1. The number of rotatable bonds is 3. The summed E-state index contributed by atoms with van der Waals surface area (Å²) < 4.78 is 14.0. The molecule has 2 heterocycles. The summed E-state index contributed by atoms with van der Waals surface area (Å²) in [5.41, 5.74) is 1.83. The lowest BCUT2D eigenvalue weighted by Crippen LogP contribution is -2.29. The van der Waals surface area contributed by atoms with Gasteiger partial charge in [-0.2, -0.15) is 0 Å². The second kappa shape index (κ2) is 7.66. The number of carbonyl (C=O) groups excluding carboxylic acids is 2. The average molecular weight is 447 g/mol. The molecule has 3 aromatic carbocycles. The Balaban J connectivity index is 1.80. The van der Waals surface area contributed by atoms with Crippen LogP contribution in [-0.4, -0.2) is 21.8 Å². The number of hydrogen-bond acceptors (Lipinski definition) is 3. The standard InChI is InChI=1S/C25H16ClFN2O3/c26-15-6-3-5-14(11-15)23(30)21-22(19-13-28-20-10-2-1-9-18(19)20)29(25(32)24(21)31)17-8-4-7-16(27)12-17/h1-13,22,28,30H/b23-21+. The lowest BCUT2D eigenvalue weighted by Gasteiger charge is -2.25. The third-order valence-electron chi connectivity index (χ3n) is 5.54. The van der Waals surface area contributed by atoms with Gasteiger partial charge in [-0.25, -0.2) is 4.39 Å². The van der Waals surface area contributed by atoms with Crippen molar-refractivity contribution in [3.8, 4) is 0 Å². The zero-order valence-electron chi connectivity index (χ0n) is 16.5. The van der Waals surface area contributed by atoms with Gasteiger partial charge >= 0.3 is 0 Å². The van der Waals surface area contributed by atoms with Crippen LogP contribution in [-0.2, 0) is 9.59 Å². The van der Waals surface area contributed by atoms with Gasteiger partial charge in [-0.05, 0) is 36.4 Å². The molecular weight excluding hydrogens is 431 g/mol. The Hall–Kier alpha value is -3.90. The largest absolute Gasteiger partial charge is 0.507 e. The van der Waals surface area contributed by atoms with Crippen LogP contribution in [0, 0.1) is 5.82 Å². The van der Waals surface area contributed by atoms with Crippen molar-refractivity contribution in [1.82, 2.24) is 4.98 Å². The number of carbonyl (C=O) groups is 2. The van der Waals surface area contributed by atoms with Gasteiger partial charge in [0.15, 0.2) is 0 Å². The molecule has 2 N–H and O–H groups in total. The van der Waals surface area contributed by atoms with Crippen molar-refractivity contribution in [1.29, 1.82) is 0 Å². The first-order chi connectivity index (χ1) is 15.5. The van der Waals surface area contributed by atoms with E-state index in [0.29, 0.717) is 16.1 Å². The minimum atomic E-state index is -0.966. The molecule has 4 aromatic rings. The summed E-state index contributed by atoms with van der Waals surface area (Å²) in [4.78, 5) is 30.7. The van der Waals surface area contributed by atoms with E-state index in [1.54, 1.807) is 30.5 Å². The number of nitrogens with one attached hydrogen (secondary N) is 1. The molecule has 1 aliphatic rings. The van der Waals surface area contributed by atoms with Crippen LogP contribution in [0.5, 0.6) is 0 Å². The molecule has 0 aliphatic carbocycles. The van der Waals surface area contributed by atoms with E-state index in [-0.39, 0.29) is 17.0 Å². The first-order valence-corrected chi connectivity index (χ1v) is 10.2. The fourth-order valence-corrected chi connectivity index (χ4v) is 4.32. The maximum atomic E-state index is 14.0. The van der Waals surface area contributed by atoms with Gasteiger partial charge in [0.1, 0.15) is 11.6 Å². The molecule has 1 aliphatic heterocycles. The van der Waals surface area contributed by atoms with Gasteiger partial charge in [-0.15, -0.1) is 0 Å². The number of amides is 1. The highest BCUT2D eigenvalue weighted by Crippen LogP contribution is 2.44. The van der Waals surface area contributed by atoms with Crippen LogP contribution in [0.2, 0.25) is 5.02 Å². The number of para-hydroxylation sites is 1. The number of aromatic amines is 1. The van der Waals surface area contributed by atoms with Gasteiger partial charge in [0.05, 0.1) is 11.6 Å². The van der Waals surface area contributed by atoms with Crippen LogP contribution in [0.3, 0.4) is 0 Å². The van der Waals surface area contributed by atoms with Crippen molar-refractivity contribution in [2.75, 3.05) is 4.90 Å². The molecular formula is C25H16ClFN2O3. The summed E-state index contributed by atoms with van der Waals surface area (Å²) in [5, 5.41) is 12.3. The van der Waals surface area contributed by atoms with Crippen LogP contribution >= 0.6 is 11.6 Å². The zero-order valence-corrected chi connectivity index (χ0v) is 17.3. The number of ketones is 1. The maximum absolute atomic E-state index is 14.0. The Morgan fingerprint density at radius 3 is 2.56 bits per heavy atom. The van der Waals surface area contributed by atoms with Crippen LogP contribution < -0.4 is 4.90 Å².